The van der Waals surface area contributed by atoms with Crippen molar-refractivity contribution in [2.24, 2.45) is 0 Å². The third kappa shape index (κ3) is 1.42. The number of carbonyl (C=O) groups is 1. The average molecular weight is 138 g/mol. The Bertz CT molecular complexity index is 193. The highest BCUT2D eigenvalue weighted by atomic mass is 32.1. The maximum absolute atomic E-state index is 10.9. The molecule has 0 aromatic carbocycles. The van der Waals surface area contributed by atoms with Crippen molar-refractivity contribution < 1.29 is 4.79 Å². The van der Waals surface area contributed by atoms with Gasteiger partial charge in [0.25, 0.3) is 0 Å². The first-order valence-corrected chi connectivity index (χ1v) is 3.79. The summed E-state index contributed by atoms with van der Waals surface area (Å²) < 4.78 is 0. The normalized spacial score (nSPS) is 9.33. The van der Waals surface area contributed by atoms with Gasteiger partial charge in [0.05, 0.1) is 4.88 Å². The molecule has 0 spiro atoms. The van der Waals surface area contributed by atoms with Gasteiger partial charge in [0.2, 0.25) is 0 Å². The van der Waals surface area contributed by atoms with Gasteiger partial charge < -0.3 is 0 Å². The molecule has 0 amide bonds. The number of thiophene rings is 1. The highest BCUT2D eigenvalue weighted by molar-refractivity contribution is 7.12. The Morgan fingerprint density at radius 2 is 2.56 bits per heavy atom. The number of Topliss-reactive ketones (excluding diaryl/α,β-unsaturated/α-hetero) is 1. The van der Waals surface area contributed by atoms with E-state index in [9.17, 15) is 4.79 Å². The number of rotatable bonds is 2. The molecule has 46 valence electrons. The van der Waals surface area contributed by atoms with E-state index >= 15 is 0 Å². The molecule has 9 heavy (non-hydrogen) atoms. The van der Waals surface area contributed by atoms with Gasteiger partial charge in [-0.1, -0.05) is 6.07 Å². The van der Waals surface area contributed by atoms with Crippen molar-refractivity contribution >= 4 is 25.0 Å². The molecule has 0 fully saturated rings. The van der Waals surface area contributed by atoms with Gasteiger partial charge in [0, 0.05) is 0 Å². The minimum atomic E-state index is 0.241. The van der Waals surface area contributed by atoms with E-state index in [1.807, 2.05) is 25.4 Å². The van der Waals surface area contributed by atoms with Crippen molar-refractivity contribution in [2.75, 3.05) is 0 Å². The van der Waals surface area contributed by atoms with Crippen molar-refractivity contribution in [2.45, 2.75) is 6.32 Å². The topological polar surface area (TPSA) is 17.1 Å². The molecule has 1 aromatic heterocycles. The number of carbonyl (C=O) groups excluding carboxylic acids is 1. The summed E-state index contributed by atoms with van der Waals surface area (Å²) in [5.74, 6) is 0.241. The first kappa shape index (κ1) is 6.55. The molecule has 1 heterocycles. The molecule has 0 saturated heterocycles. The first-order valence-electron chi connectivity index (χ1n) is 2.91. The maximum Gasteiger partial charge on any atom is 0.164 e. The van der Waals surface area contributed by atoms with Crippen LogP contribution in [0, 0.1) is 0 Å². The minimum Gasteiger partial charge on any atom is -0.294 e. The van der Waals surface area contributed by atoms with E-state index in [0.717, 1.165) is 4.88 Å². The molecule has 0 radical (unpaired) electrons. The lowest BCUT2D eigenvalue weighted by atomic mass is 10.0. The summed E-state index contributed by atoms with van der Waals surface area (Å²) in [6.45, 7) is 0. The predicted octanol–water partition coefficient (Wildman–Crippen LogP) is 0.982. The molecule has 1 aromatic rings. The first-order chi connectivity index (χ1) is 4.34. The average Bonchev–Trinajstić information content (AvgIpc) is 2.37. The van der Waals surface area contributed by atoms with E-state index in [-0.39, 0.29) is 5.78 Å². The van der Waals surface area contributed by atoms with Crippen LogP contribution in [0.15, 0.2) is 17.5 Å². The minimum absolute atomic E-state index is 0.241. The summed E-state index contributed by atoms with van der Waals surface area (Å²) in [5.41, 5.74) is 0. The Morgan fingerprint density at radius 1 is 1.78 bits per heavy atom. The Morgan fingerprint density at radius 3 is 3.00 bits per heavy atom. The standard InChI is InChI=1S/C6H7BOS/c7-4-5(8)6-2-1-3-9-6/h1-3H,4,7H2. The predicted molar refractivity (Wildman–Crippen MR) is 42.0 cm³/mol. The van der Waals surface area contributed by atoms with E-state index in [1.165, 1.54) is 11.3 Å². The lowest BCUT2D eigenvalue weighted by Gasteiger charge is -1.86. The Kier molecular flexibility index (Phi) is 2.06. The molecule has 0 atom stereocenters. The number of ketones is 1. The highest BCUT2D eigenvalue weighted by Crippen LogP contribution is 2.09. The van der Waals surface area contributed by atoms with E-state index in [2.05, 4.69) is 0 Å². The molecule has 3 heteroatoms. The number of hydrogen-bond donors (Lipinski definition) is 0. The smallest absolute Gasteiger partial charge is 0.164 e. The zero-order chi connectivity index (χ0) is 6.69. The Balaban J connectivity index is 2.77. The van der Waals surface area contributed by atoms with Crippen LogP contribution in [-0.4, -0.2) is 13.6 Å². The molecule has 0 aliphatic rings. The van der Waals surface area contributed by atoms with E-state index in [1.54, 1.807) is 0 Å². The summed E-state index contributed by atoms with van der Waals surface area (Å²) in [7, 11) is 1.88. The van der Waals surface area contributed by atoms with Crippen LogP contribution in [0.1, 0.15) is 9.67 Å². The van der Waals surface area contributed by atoms with Gasteiger partial charge in [-0.05, 0) is 17.8 Å². The third-order valence-electron chi connectivity index (χ3n) is 1.12. The maximum atomic E-state index is 10.9. The second-order valence-electron chi connectivity index (χ2n) is 1.75. The van der Waals surface area contributed by atoms with Gasteiger partial charge in [0.1, 0.15) is 7.85 Å². The molecule has 0 N–H and O–H groups in total. The van der Waals surface area contributed by atoms with Crippen molar-refractivity contribution in [3.8, 4) is 0 Å². The zero-order valence-electron chi connectivity index (χ0n) is 5.26. The fraction of sp³-hybridized carbons (Fsp3) is 0.167. The second kappa shape index (κ2) is 2.83. The summed E-state index contributed by atoms with van der Waals surface area (Å²) in [6, 6.07) is 3.75. The van der Waals surface area contributed by atoms with Crippen molar-refractivity contribution in [3.63, 3.8) is 0 Å². The summed E-state index contributed by atoms with van der Waals surface area (Å²) >= 11 is 1.51. The van der Waals surface area contributed by atoms with Crippen LogP contribution < -0.4 is 0 Å². The molecular formula is C6H7BOS. The summed E-state index contributed by atoms with van der Waals surface area (Å²) in [5, 5.41) is 1.92. The summed E-state index contributed by atoms with van der Waals surface area (Å²) in [4.78, 5) is 11.8. The van der Waals surface area contributed by atoms with Crippen LogP contribution in [0.2, 0.25) is 6.32 Å². The second-order valence-corrected chi connectivity index (χ2v) is 2.70. The van der Waals surface area contributed by atoms with Crippen LogP contribution in [-0.2, 0) is 0 Å². The monoisotopic (exact) mass is 138 g/mol. The van der Waals surface area contributed by atoms with Crippen LogP contribution in [0.25, 0.3) is 0 Å². The van der Waals surface area contributed by atoms with Gasteiger partial charge >= 0.3 is 0 Å². The van der Waals surface area contributed by atoms with Crippen LogP contribution >= 0.6 is 11.3 Å². The van der Waals surface area contributed by atoms with Crippen molar-refractivity contribution in [1.29, 1.82) is 0 Å². The van der Waals surface area contributed by atoms with Crippen molar-refractivity contribution in [3.05, 3.63) is 22.4 Å². The molecule has 0 unspecified atom stereocenters. The lowest BCUT2D eigenvalue weighted by Crippen LogP contribution is -1.91. The van der Waals surface area contributed by atoms with E-state index in [0.29, 0.717) is 6.32 Å². The quantitative estimate of drug-likeness (QED) is 0.439. The van der Waals surface area contributed by atoms with Gasteiger partial charge in [-0.3, -0.25) is 4.79 Å². The molecule has 1 nitrogen and oxygen atoms in total. The lowest BCUT2D eigenvalue weighted by molar-refractivity contribution is 0.102. The van der Waals surface area contributed by atoms with E-state index in [4.69, 9.17) is 0 Å². The zero-order valence-corrected chi connectivity index (χ0v) is 6.07. The van der Waals surface area contributed by atoms with Crippen LogP contribution in [0.5, 0.6) is 0 Å². The highest BCUT2D eigenvalue weighted by Gasteiger charge is 2.00. The van der Waals surface area contributed by atoms with Gasteiger partial charge in [-0.2, -0.15) is 0 Å². The number of hydrogen-bond acceptors (Lipinski definition) is 2. The molecular weight excluding hydrogens is 131 g/mol. The fourth-order valence-electron chi connectivity index (χ4n) is 0.611. The third-order valence-corrected chi connectivity index (χ3v) is 2.03. The largest absolute Gasteiger partial charge is 0.294 e. The molecule has 0 bridgehead atoms. The Labute approximate surface area is 59.1 Å². The molecule has 0 saturated carbocycles. The van der Waals surface area contributed by atoms with Crippen LogP contribution in [0.4, 0.5) is 0 Å². The van der Waals surface area contributed by atoms with Gasteiger partial charge in [-0.15, -0.1) is 11.3 Å². The van der Waals surface area contributed by atoms with Crippen molar-refractivity contribution in [1.82, 2.24) is 0 Å². The fourth-order valence-corrected chi connectivity index (χ4v) is 1.35. The van der Waals surface area contributed by atoms with Gasteiger partial charge in [-0.25, -0.2) is 0 Å². The van der Waals surface area contributed by atoms with E-state index < -0.39 is 0 Å². The van der Waals surface area contributed by atoms with Gasteiger partial charge in [0.15, 0.2) is 5.78 Å². The molecule has 0 aliphatic carbocycles. The SMILES string of the molecule is BCC(=O)c1cccs1. The van der Waals surface area contributed by atoms with Crippen LogP contribution in [0.3, 0.4) is 0 Å². The summed E-state index contributed by atoms with van der Waals surface area (Å²) in [6.07, 6.45) is 0.612. The molecule has 0 aliphatic heterocycles. The molecule has 1 rings (SSSR count). The Hall–Kier alpha value is -0.565.